The van der Waals surface area contributed by atoms with Gasteiger partial charge in [0.1, 0.15) is 16.7 Å². The van der Waals surface area contributed by atoms with Gasteiger partial charge >= 0.3 is 0 Å². The van der Waals surface area contributed by atoms with Gasteiger partial charge in [0, 0.05) is 15.5 Å². The van der Waals surface area contributed by atoms with Crippen molar-refractivity contribution in [2.75, 3.05) is 7.11 Å². The maximum absolute atomic E-state index is 9.35. The van der Waals surface area contributed by atoms with E-state index in [0.29, 0.717) is 5.92 Å². The predicted molar refractivity (Wildman–Crippen MR) is 105 cm³/mol. The molecular weight excluding hydrogens is 334 g/mol. The second-order valence-corrected chi connectivity index (χ2v) is 8.23. The Morgan fingerprint density at radius 3 is 2.75 bits per heavy atom. The largest absolute Gasteiger partial charge is 0.495 e. The lowest BCUT2D eigenvalue weighted by atomic mass is 9.90. The zero-order chi connectivity index (χ0) is 17.1. The van der Waals surface area contributed by atoms with Crippen molar-refractivity contribution >= 4 is 42.8 Å². The van der Waals surface area contributed by atoms with E-state index in [1.54, 1.807) is 29.8 Å². The van der Waals surface area contributed by atoms with Gasteiger partial charge in [0.25, 0.3) is 0 Å². The SMILES string of the molecule is CCCCC(CC)Cc1c2ccsc2c(OC)c2cc(C#N)sc12. The van der Waals surface area contributed by atoms with Crippen molar-refractivity contribution in [2.24, 2.45) is 5.92 Å². The van der Waals surface area contributed by atoms with Gasteiger partial charge in [0.2, 0.25) is 0 Å². The molecule has 0 amide bonds. The summed E-state index contributed by atoms with van der Waals surface area (Å²) in [4.78, 5) is 0.767. The summed E-state index contributed by atoms with van der Waals surface area (Å²) < 4.78 is 8.17. The highest BCUT2D eigenvalue weighted by molar-refractivity contribution is 7.21. The molecule has 0 saturated carbocycles. The molecule has 2 nitrogen and oxygen atoms in total. The van der Waals surface area contributed by atoms with Gasteiger partial charge in [-0.05, 0) is 35.4 Å². The van der Waals surface area contributed by atoms with E-state index in [0.717, 1.165) is 22.4 Å². The van der Waals surface area contributed by atoms with Crippen molar-refractivity contribution in [1.29, 1.82) is 5.26 Å². The van der Waals surface area contributed by atoms with Crippen LogP contribution in [0, 0.1) is 17.2 Å². The van der Waals surface area contributed by atoms with Crippen molar-refractivity contribution in [1.82, 2.24) is 0 Å². The van der Waals surface area contributed by atoms with E-state index in [4.69, 9.17) is 4.74 Å². The first-order chi connectivity index (χ1) is 11.7. The van der Waals surface area contributed by atoms with Crippen LogP contribution in [0.5, 0.6) is 5.75 Å². The number of rotatable bonds is 7. The lowest BCUT2D eigenvalue weighted by Crippen LogP contribution is -2.04. The van der Waals surface area contributed by atoms with Crippen molar-refractivity contribution in [3.63, 3.8) is 0 Å². The van der Waals surface area contributed by atoms with Gasteiger partial charge < -0.3 is 4.74 Å². The molecule has 0 saturated heterocycles. The third-order valence-corrected chi connectivity index (χ3v) is 6.81. The summed E-state index contributed by atoms with van der Waals surface area (Å²) in [5.74, 6) is 1.63. The molecule has 0 spiro atoms. The number of nitriles is 1. The van der Waals surface area contributed by atoms with E-state index in [2.05, 4.69) is 31.4 Å². The second kappa shape index (κ2) is 7.55. The Morgan fingerprint density at radius 2 is 2.08 bits per heavy atom. The van der Waals surface area contributed by atoms with Crippen molar-refractivity contribution in [2.45, 2.75) is 46.0 Å². The van der Waals surface area contributed by atoms with Gasteiger partial charge in [-0.1, -0.05) is 39.5 Å². The Hall–Kier alpha value is -1.57. The summed E-state index contributed by atoms with van der Waals surface area (Å²) in [5, 5.41) is 13.9. The summed E-state index contributed by atoms with van der Waals surface area (Å²) >= 11 is 3.35. The summed E-state index contributed by atoms with van der Waals surface area (Å²) in [6, 6.07) is 6.52. The number of nitrogens with zero attached hydrogens (tertiary/aromatic N) is 1. The predicted octanol–water partition coefficient (Wildman–Crippen LogP) is 6.76. The molecule has 2 heterocycles. The van der Waals surface area contributed by atoms with Crippen molar-refractivity contribution in [3.8, 4) is 11.8 Å². The third kappa shape index (κ3) is 3.03. The topological polar surface area (TPSA) is 33.0 Å². The van der Waals surface area contributed by atoms with Gasteiger partial charge in [0.05, 0.1) is 11.8 Å². The Morgan fingerprint density at radius 1 is 1.25 bits per heavy atom. The first-order valence-corrected chi connectivity index (χ1v) is 10.3. The van der Waals surface area contributed by atoms with E-state index < -0.39 is 0 Å². The first-order valence-electron chi connectivity index (χ1n) is 8.63. The number of fused-ring (bicyclic) bond motifs is 2. The average molecular weight is 358 g/mol. The lowest BCUT2D eigenvalue weighted by Gasteiger charge is -2.17. The van der Waals surface area contributed by atoms with Crippen molar-refractivity contribution in [3.05, 3.63) is 28.0 Å². The molecule has 3 aromatic rings. The summed E-state index contributed by atoms with van der Waals surface area (Å²) in [5.41, 5.74) is 1.41. The Balaban J connectivity index is 2.18. The maximum atomic E-state index is 9.35. The number of hydrogen-bond donors (Lipinski definition) is 0. The van der Waals surface area contributed by atoms with Crippen LogP contribution in [0.3, 0.4) is 0 Å². The lowest BCUT2D eigenvalue weighted by molar-refractivity contribution is 0.425. The van der Waals surface area contributed by atoms with E-state index in [-0.39, 0.29) is 0 Å². The third-order valence-electron chi connectivity index (χ3n) is 4.80. The highest BCUT2D eigenvalue weighted by atomic mass is 32.1. The average Bonchev–Trinajstić information content (AvgIpc) is 3.24. The quantitative estimate of drug-likeness (QED) is 0.468. The molecular formula is C20H23NOS2. The van der Waals surface area contributed by atoms with Gasteiger partial charge in [-0.2, -0.15) is 5.26 Å². The maximum Gasteiger partial charge on any atom is 0.145 e. The molecule has 126 valence electrons. The molecule has 0 aliphatic carbocycles. The van der Waals surface area contributed by atoms with E-state index >= 15 is 0 Å². The van der Waals surface area contributed by atoms with Gasteiger partial charge in [-0.15, -0.1) is 22.7 Å². The molecule has 0 bridgehead atoms. The van der Waals surface area contributed by atoms with Crippen LogP contribution in [0.25, 0.3) is 20.2 Å². The fourth-order valence-corrected chi connectivity index (χ4v) is 5.42. The zero-order valence-electron chi connectivity index (χ0n) is 14.5. The molecule has 4 heteroatoms. The second-order valence-electron chi connectivity index (χ2n) is 6.26. The number of thiophene rings is 2. The van der Waals surface area contributed by atoms with E-state index in [1.807, 2.05) is 6.07 Å². The van der Waals surface area contributed by atoms with Crippen LogP contribution >= 0.6 is 22.7 Å². The van der Waals surface area contributed by atoms with Crippen LogP contribution in [-0.2, 0) is 6.42 Å². The molecule has 1 unspecified atom stereocenters. The Kier molecular flexibility index (Phi) is 5.43. The standard InChI is InChI=1S/C20H23NOS2/c1-4-6-7-13(5-2)10-16-15-8-9-23-20(15)18(22-3)17-11-14(12-21)24-19(16)17/h8-9,11,13H,4-7,10H2,1-3H3. The normalized spacial score (nSPS) is 12.6. The smallest absolute Gasteiger partial charge is 0.145 e. The molecule has 0 aliphatic heterocycles. The highest BCUT2D eigenvalue weighted by Crippen LogP contribution is 2.45. The molecule has 24 heavy (non-hydrogen) atoms. The molecule has 0 radical (unpaired) electrons. The highest BCUT2D eigenvalue weighted by Gasteiger charge is 2.20. The number of ether oxygens (including phenoxy) is 1. The number of benzene rings is 1. The molecule has 0 aliphatic rings. The van der Waals surface area contributed by atoms with Crippen LogP contribution in [0.15, 0.2) is 17.5 Å². The minimum absolute atomic E-state index is 0.706. The van der Waals surface area contributed by atoms with Gasteiger partial charge in [-0.3, -0.25) is 0 Å². The number of hydrogen-bond acceptors (Lipinski definition) is 4. The van der Waals surface area contributed by atoms with E-state index in [1.165, 1.54) is 46.0 Å². The molecule has 2 aromatic heterocycles. The summed E-state index contributed by atoms with van der Waals surface area (Å²) in [7, 11) is 1.73. The van der Waals surface area contributed by atoms with E-state index in [9.17, 15) is 5.26 Å². The van der Waals surface area contributed by atoms with Crippen LogP contribution in [0.2, 0.25) is 0 Å². The first kappa shape index (κ1) is 17.3. The summed E-state index contributed by atoms with van der Waals surface area (Å²) in [6.07, 6.45) is 6.12. The molecule has 1 atom stereocenters. The summed E-state index contributed by atoms with van der Waals surface area (Å²) in [6.45, 7) is 4.55. The molecule has 0 fully saturated rings. The van der Waals surface area contributed by atoms with Crippen molar-refractivity contribution < 1.29 is 4.74 Å². The van der Waals surface area contributed by atoms with Crippen LogP contribution < -0.4 is 4.74 Å². The monoisotopic (exact) mass is 357 g/mol. The number of methoxy groups -OCH3 is 1. The van der Waals surface area contributed by atoms with Gasteiger partial charge in [0.15, 0.2) is 0 Å². The molecule has 0 N–H and O–H groups in total. The van der Waals surface area contributed by atoms with Crippen LogP contribution in [-0.4, -0.2) is 7.11 Å². The Bertz CT molecular complexity index is 884. The zero-order valence-corrected chi connectivity index (χ0v) is 16.1. The van der Waals surface area contributed by atoms with Crippen LogP contribution in [0.4, 0.5) is 0 Å². The molecule has 3 rings (SSSR count). The number of unbranched alkanes of at least 4 members (excludes halogenated alkanes) is 1. The minimum Gasteiger partial charge on any atom is -0.495 e. The Labute approximate surface area is 151 Å². The minimum atomic E-state index is 0.706. The fourth-order valence-electron chi connectivity index (χ4n) is 3.44. The van der Waals surface area contributed by atoms with Gasteiger partial charge in [-0.25, -0.2) is 0 Å². The molecule has 1 aromatic carbocycles. The fraction of sp³-hybridized carbons (Fsp3) is 0.450. The van der Waals surface area contributed by atoms with Crippen LogP contribution in [0.1, 0.15) is 50.0 Å².